The first-order chi connectivity index (χ1) is 9.63. The molecule has 2 heterocycles. The molecule has 3 N–H and O–H groups in total. The van der Waals surface area contributed by atoms with Gasteiger partial charge in [0.15, 0.2) is 0 Å². The molecular formula is C16H20N4. The van der Waals surface area contributed by atoms with E-state index in [4.69, 9.17) is 10.8 Å². The molecule has 1 aromatic carbocycles. The summed E-state index contributed by atoms with van der Waals surface area (Å²) in [5.74, 6) is 0. The van der Waals surface area contributed by atoms with Gasteiger partial charge in [0.2, 0.25) is 0 Å². The number of aromatic nitrogens is 3. The van der Waals surface area contributed by atoms with Gasteiger partial charge in [0.05, 0.1) is 5.69 Å². The molecule has 0 atom stereocenters. The van der Waals surface area contributed by atoms with Gasteiger partial charge in [-0.05, 0) is 32.0 Å². The number of rotatable bonds is 3. The van der Waals surface area contributed by atoms with Gasteiger partial charge in [-0.25, -0.2) is 0 Å². The molecule has 104 valence electrons. The van der Waals surface area contributed by atoms with E-state index in [0.29, 0.717) is 6.54 Å². The van der Waals surface area contributed by atoms with Gasteiger partial charge in [0, 0.05) is 41.3 Å². The Bertz CT molecular complexity index is 764. The van der Waals surface area contributed by atoms with Crippen LogP contribution in [0, 0.1) is 13.8 Å². The van der Waals surface area contributed by atoms with Crippen molar-refractivity contribution < 1.29 is 0 Å². The molecule has 0 amide bonds. The van der Waals surface area contributed by atoms with Crippen LogP contribution in [0.1, 0.15) is 17.0 Å². The zero-order valence-electron chi connectivity index (χ0n) is 12.2. The fraction of sp³-hybridized carbons (Fsp3) is 0.312. The zero-order chi connectivity index (χ0) is 14.3. The summed E-state index contributed by atoms with van der Waals surface area (Å²) in [6.45, 7) is 4.88. The van der Waals surface area contributed by atoms with Gasteiger partial charge in [-0.15, -0.1) is 0 Å². The fourth-order valence-electron chi connectivity index (χ4n) is 2.97. The van der Waals surface area contributed by atoms with Crippen molar-refractivity contribution in [3.05, 3.63) is 41.2 Å². The lowest BCUT2D eigenvalue weighted by molar-refractivity contribution is 0.706. The molecule has 3 rings (SSSR count). The van der Waals surface area contributed by atoms with Crippen LogP contribution in [-0.4, -0.2) is 21.3 Å². The number of nitrogens with two attached hydrogens (primary N) is 1. The third kappa shape index (κ3) is 1.84. The second-order valence-corrected chi connectivity index (χ2v) is 5.25. The van der Waals surface area contributed by atoms with E-state index in [1.807, 2.05) is 17.8 Å². The molecule has 3 aromatic rings. The topological polar surface area (TPSA) is 59.6 Å². The van der Waals surface area contributed by atoms with Crippen LogP contribution in [0.4, 0.5) is 0 Å². The van der Waals surface area contributed by atoms with E-state index in [1.54, 1.807) is 0 Å². The number of nitrogens with one attached hydrogen (secondary N) is 1. The highest BCUT2D eigenvalue weighted by molar-refractivity contribution is 5.97. The lowest BCUT2D eigenvalue weighted by atomic mass is 10.0. The van der Waals surface area contributed by atoms with E-state index in [9.17, 15) is 0 Å². The van der Waals surface area contributed by atoms with Gasteiger partial charge >= 0.3 is 0 Å². The number of hydrogen-bond donors (Lipinski definition) is 2. The number of para-hydroxylation sites is 1. The van der Waals surface area contributed by atoms with Crippen molar-refractivity contribution in [2.75, 3.05) is 6.54 Å². The largest absolute Gasteiger partial charge is 0.358 e. The third-order valence-electron chi connectivity index (χ3n) is 3.94. The SMILES string of the molecule is Cc1[nH]c2ccccc2c1-c1nn(C)c(CCN)c1C. The first kappa shape index (κ1) is 12.9. The van der Waals surface area contributed by atoms with Gasteiger partial charge in [0.25, 0.3) is 0 Å². The summed E-state index contributed by atoms with van der Waals surface area (Å²) < 4.78 is 1.96. The van der Waals surface area contributed by atoms with Crippen molar-refractivity contribution in [2.45, 2.75) is 20.3 Å². The van der Waals surface area contributed by atoms with Crippen LogP contribution in [0.25, 0.3) is 22.2 Å². The van der Waals surface area contributed by atoms with Crippen LogP contribution in [0.3, 0.4) is 0 Å². The van der Waals surface area contributed by atoms with Crippen LogP contribution in [0.5, 0.6) is 0 Å². The van der Waals surface area contributed by atoms with Crippen molar-refractivity contribution in [1.29, 1.82) is 0 Å². The molecular weight excluding hydrogens is 248 g/mol. The number of fused-ring (bicyclic) bond motifs is 1. The van der Waals surface area contributed by atoms with Crippen molar-refractivity contribution in [3.63, 3.8) is 0 Å². The maximum absolute atomic E-state index is 5.70. The molecule has 0 bridgehead atoms. The quantitative estimate of drug-likeness (QED) is 0.767. The van der Waals surface area contributed by atoms with E-state index in [-0.39, 0.29) is 0 Å². The minimum absolute atomic E-state index is 0.646. The summed E-state index contributed by atoms with van der Waals surface area (Å²) in [6, 6.07) is 8.36. The Morgan fingerprint density at radius 3 is 2.75 bits per heavy atom. The van der Waals surface area contributed by atoms with E-state index in [0.717, 1.165) is 23.3 Å². The molecule has 0 radical (unpaired) electrons. The second kappa shape index (κ2) is 4.80. The maximum Gasteiger partial charge on any atom is 0.0979 e. The van der Waals surface area contributed by atoms with Crippen LogP contribution in [0.2, 0.25) is 0 Å². The normalized spacial score (nSPS) is 11.4. The number of aromatic amines is 1. The molecule has 0 aliphatic heterocycles. The second-order valence-electron chi connectivity index (χ2n) is 5.25. The van der Waals surface area contributed by atoms with Crippen molar-refractivity contribution in [1.82, 2.24) is 14.8 Å². The smallest absolute Gasteiger partial charge is 0.0979 e. The van der Waals surface area contributed by atoms with Crippen LogP contribution < -0.4 is 5.73 Å². The Hall–Kier alpha value is -2.07. The van der Waals surface area contributed by atoms with E-state index in [2.05, 4.69) is 37.0 Å². The monoisotopic (exact) mass is 268 g/mol. The minimum Gasteiger partial charge on any atom is -0.358 e. The van der Waals surface area contributed by atoms with Crippen LogP contribution in [-0.2, 0) is 13.5 Å². The summed E-state index contributed by atoms with van der Waals surface area (Å²) in [6.07, 6.45) is 0.858. The van der Waals surface area contributed by atoms with Crippen molar-refractivity contribution >= 4 is 10.9 Å². The summed E-state index contributed by atoms with van der Waals surface area (Å²) in [5, 5.41) is 5.95. The maximum atomic E-state index is 5.70. The summed E-state index contributed by atoms with van der Waals surface area (Å²) >= 11 is 0. The van der Waals surface area contributed by atoms with Crippen LogP contribution in [0.15, 0.2) is 24.3 Å². The summed E-state index contributed by atoms with van der Waals surface area (Å²) in [7, 11) is 1.99. The number of aryl methyl sites for hydroxylation is 2. The Morgan fingerprint density at radius 1 is 1.25 bits per heavy atom. The number of nitrogens with zero attached hydrogens (tertiary/aromatic N) is 2. The van der Waals surface area contributed by atoms with E-state index < -0.39 is 0 Å². The lowest BCUT2D eigenvalue weighted by Crippen LogP contribution is -2.08. The average Bonchev–Trinajstić information content (AvgIpc) is 2.89. The molecule has 20 heavy (non-hydrogen) atoms. The molecule has 0 spiro atoms. The highest BCUT2D eigenvalue weighted by Crippen LogP contribution is 2.34. The summed E-state index contributed by atoms with van der Waals surface area (Å²) in [5.41, 5.74) is 12.7. The lowest BCUT2D eigenvalue weighted by Gasteiger charge is -2.01. The molecule has 0 saturated carbocycles. The van der Waals surface area contributed by atoms with Gasteiger partial charge in [-0.2, -0.15) is 5.10 Å². The van der Waals surface area contributed by atoms with Gasteiger partial charge in [-0.3, -0.25) is 4.68 Å². The standard InChI is InChI=1S/C16H20N4/c1-10-14(8-9-17)20(3)19-16(10)15-11(2)18-13-7-5-4-6-12(13)15/h4-7,18H,8-9,17H2,1-3H3. The summed E-state index contributed by atoms with van der Waals surface area (Å²) in [4.78, 5) is 3.44. The highest BCUT2D eigenvalue weighted by atomic mass is 15.3. The predicted octanol–water partition coefficient (Wildman–Crippen LogP) is 2.69. The zero-order valence-corrected chi connectivity index (χ0v) is 12.2. The van der Waals surface area contributed by atoms with Crippen molar-refractivity contribution in [2.24, 2.45) is 12.8 Å². The Balaban J connectivity index is 2.26. The Labute approximate surface area is 118 Å². The first-order valence-electron chi connectivity index (χ1n) is 6.93. The first-order valence-corrected chi connectivity index (χ1v) is 6.93. The molecule has 4 nitrogen and oxygen atoms in total. The number of benzene rings is 1. The Morgan fingerprint density at radius 2 is 2.00 bits per heavy atom. The van der Waals surface area contributed by atoms with E-state index >= 15 is 0 Å². The molecule has 0 aliphatic carbocycles. The molecule has 0 unspecified atom stereocenters. The number of H-pyrrole nitrogens is 1. The predicted molar refractivity (Wildman–Crippen MR) is 82.7 cm³/mol. The van der Waals surface area contributed by atoms with E-state index in [1.165, 1.54) is 22.2 Å². The molecule has 2 aromatic heterocycles. The van der Waals surface area contributed by atoms with Gasteiger partial charge < -0.3 is 10.7 Å². The minimum atomic E-state index is 0.646. The van der Waals surface area contributed by atoms with Crippen LogP contribution >= 0.6 is 0 Å². The highest BCUT2D eigenvalue weighted by Gasteiger charge is 2.18. The fourth-order valence-corrected chi connectivity index (χ4v) is 2.97. The van der Waals surface area contributed by atoms with Gasteiger partial charge in [-0.1, -0.05) is 18.2 Å². The third-order valence-corrected chi connectivity index (χ3v) is 3.94. The van der Waals surface area contributed by atoms with Gasteiger partial charge in [0.1, 0.15) is 0 Å². The molecule has 0 fully saturated rings. The molecule has 0 saturated heterocycles. The molecule has 4 heteroatoms. The average molecular weight is 268 g/mol. The van der Waals surface area contributed by atoms with Crippen molar-refractivity contribution in [3.8, 4) is 11.3 Å². The Kier molecular flexibility index (Phi) is 3.10. The molecule has 0 aliphatic rings. The number of hydrogen-bond acceptors (Lipinski definition) is 2.